The number of hydrogen-bond donors (Lipinski definition) is 2. The topological polar surface area (TPSA) is 92.4 Å². The molecule has 2 aromatic heterocycles. The van der Waals surface area contributed by atoms with Gasteiger partial charge in [0, 0.05) is 4.88 Å². The second-order valence-corrected chi connectivity index (χ2v) is 4.88. The molecule has 1 unspecified atom stereocenters. The van der Waals surface area contributed by atoms with E-state index < -0.39 is 17.9 Å². The molecule has 6 nitrogen and oxygen atoms in total. The quantitative estimate of drug-likeness (QED) is 0.873. The van der Waals surface area contributed by atoms with E-state index in [4.69, 9.17) is 9.52 Å². The highest BCUT2D eigenvalue weighted by Crippen LogP contribution is 2.22. The van der Waals surface area contributed by atoms with Crippen molar-refractivity contribution >= 4 is 23.2 Å². The van der Waals surface area contributed by atoms with Gasteiger partial charge in [-0.25, -0.2) is 4.98 Å². The molecule has 0 aliphatic carbocycles. The molecule has 0 aromatic carbocycles. The molecular weight excluding hydrogens is 268 g/mol. The van der Waals surface area contributed by atoms with Gasteiger partial charge in [0.25, 0.3) is 5.91 Å². The van der Waals surface area contributed by atoms with E-state index in [-0.39, 0.29) is 12.1 Å². The maximum Gasteiger partial charge on any atom is 0.305 e. The van der Waals surface area contributed by atoms with E-state index in [1.54, 1.807) is 13.0 Å². The molecule has 0 radical (unpaired) electrons. The van der Waals surface area contributed by atoms with Gasteiger partial charge in [-0.05, 0) is 18.4 Å². The zero-order valence-corrected chi connectivity index (χ0v) is 10.9. The fourth-order valence-electron chi connectivity index (χ4n) is 1.64. The number of aryl methyl sites for hydroxylation is 1. The van der Waals surface area contributed by atoms with Crippen molar-refractivity contribution in [2.45, 2.75) is 19.4 Å². The van der Waals surface area contributed by atoms with Gasteiger partial charge >= 0.3 is 5.97 Å². The van der Waals surface area contributed by atoms with Crippen LogP contribution in [0.3, 0.4) is 0 Å². The maximum absolute atomic E-state index is 12.0. The molecule has 7 heteroatoms. The van der Waals surface area contributed by atoms with Crippen molar-refractivity contribution in [1.82, 2.24) is 10.3 Å². The van der Waals surface area contributed by atoms with Gasteiger partial charge in [0.2, 0.25) is 0 Å². The van der Waals surface area contributed by atoms with Crippen LogP contribution in [0, 0.1) is 6.92 Å². The van der Waals surface area contributed by atoms with E-state index >= 15 is 0 Å². The van der Waals surface area contributed by atoms with Gasteiger partial charge in [-0.3, -0.25) is 9.59 Å². The Bertz CT molecular complexity index is 576. The normalized spacial score (nSPS) is 12.1. The van der Waals surface area contributed by atoms with Crippen molar-refractivity contribution in [2.24, 2.45) is 0 Å². The van der Waals surface area contributed by atoms with Crippen LogP contribution < -0.4 is 5.32 Å². The minimum absolute atomic E-state index is 0.173. The molecule has 19 heavy (non-hydrogen) atoms. The summed E-state index contributed by atoms with van der Waals surface area (Å²) >= 11 is 1.39. The third-order valence-corrected chi connectivity index (χ3v) is 3.52. The standard InChI is InChI=1S/C12H12N2O4S/c1-7-11(13-6-18-7)12(17)14-8(5-10(15)16)9-3-2-4-19-9/h2-4,6,8H,5H2,1H3,(H,14,17)(H,15,16). The Balaban J connectivity index is 2.15. The number of hydrogen-bond acceptors (Lipinski definition) is 5. The first-order valence-corrected chi connectivity index (χ1v) is 6.42. The highest BCUT2D eigenvalue weighted by Gasteiger charge is 2.22. The lowest BCUT2D eigenvalue weighted by Crippen LogP contribution is -2.30. The lowest BCUT2D eigenvalue weighted by Gasteiger charge is -2.14. The number of carboxylic acids is 1. The number of aromatic nitrogens is 1. The number of nitrogens with zero attached hydrogens (tertiary/aromatic N) is 1. The number of amides is 1. The van der Waals surface area contributed by atoms with Gasteiger partial charge in [-0.2, -0.15) is 0 Å². The Labute approximate surface area is 113 Å². The van der Waals surface area contributed by atoms with Crippen LogP contribution in [-0.4, -0.2) is 22.0 Å². The number of aliphatic carboxylic acids is 1. The third-order valence-electron chi connectivity index (χ3n) is 2.53. The molecule has 1 atom stereocenters. The summed E-state index contributed by atoms with van der Waals surface area (Å²) in [7, 11) is 0. The first-order valence-electron chi connectivity index (χ1n) is 5.54. The number of rotatable bonds is 5. The van der Waals surface area contributed by atoms with E-state index in [1.165, 1.54) is 17.7 Å². The van der Waals surface area contributed by atoms with E-state index in [2.05, 4.69) is 10.3 Å². The van der Waals surface area contributed by atoms with E-state index in [0.29, 0.717) is 5.76 Å². The summed E-state index contributed by atoms with van der Waals surface area (Å²) in [5, 5.41) is 13.4. The fraction of sp³-hybridized carbons (Fsp3) is 0.250. The summed E-state index contributed by atoms with van der Waals surface area (Å²) in [5.41, 5.74) is 0.173. The highest BCUT2D eigenvalue weighted by atomic mass is 32.1. The Morgan fingerprint density at radius 3 is 2.89 bits per heavy atom. The van der Waals surface area contributed by atoms with Gasteiger partial charge in [-0.15, -0.1) is 11.3 Å². The molecule has 0 aliphatic rings. The van der Waals surface area contributed by atoms with Crippen molar-refractivity contribution in [3.63, 3.8) is 0 Å². The summed E-state index contributed by atoms with van der Waals surface area (Å²) in [6, 6.07) is 3.03. The molecule has 0 saturated heterocycles. The number of oxazole rings is 1. The maximum atomic E-state index is 12.0. The largest absolute Gasteiger partial charge is 0.481 e. The van der Waals surface area contributed by atoms with Crippen molar-refractivity contribution in [3.05, 3.63) is 40.2 Å². The average molecular weight is 280 g/mol. The molecule has 2 heterocycles. The number of carbonyl (C=O) groups excluding carboxylic acids is 1. The van der Waals surface area contributed by atoms with Crippen molar-refractivity contribution in [2.75, 3.05) is 0 Å². The molecule has 0 aliphatic heterocycles. The van der Waals surface area contributed by atoms with Crippen LogP contribution in [0.15, 0.2) is 28.3 Å². The Morgan fingerprint density at radius 1 is 1.58 bits per heavy atom. The van der Waals surface area contributed by atoms with Crippen LogP contribution in [0.4, 0.5) is 0 Å². The molecule has 0 saturated carbocycles. The van der Waals surface area contributed by atoms with Crippen LogP contribution in [0.25, 0.3) is 0 Å². The predicted molar refractivity (Wildman–Crippen MR) is 68.0 cm³/mol. The predicted octanol–water partition coefficient (Wildman–Crippen LogP) is 1.99. The molecule has 2 rings (SSSR count). The monoisotopic (exact) mass is 280 g/mol. The second-order valence-electron chi connectivity index (χ2n) is 3.90. The van der Waals surface area contributed by atoms with Gasteiger partial charge in [0.1, 0.15) is 5.76 Å². The van der Waals surface area contributed by atoms with Gasteiger partial charge in [0.15, 0.2) is 12.1 Å². The Hall–Kier alpha value is -2.15. The number of carboxylic acid groups (broad SMARTS) is 1. The first kappa shape index (κ1) is 13.3. The van der Waals surface area contributed by atoms with Crippen molar-refractivity contribution in [3.8, 4) is 0 Å². The highest BCUT2D eigenvalue weighted by molar-refractivity contribution is 7.10. The summed E-state index contributed by atoms with van der Waals surface area (Å²) < 4.78 is 4.95. The van der Waals surface area contributed by atoms with Crippen LogP contribution in [0.1, 0.15) is 33.6 Å². The zero-order chi connectivity index (χ0) is 13.8. The summed E-state index contributed by atoms with van der Waals surface area (Å²) in [5.74, 6) is -1.01. The summed E-state index contributed by atoms with van der Waals surface area (Å²) in [6.45, 7) is 1.62. The fourth-order valence-corrected chi connectivity index (χ4v) is 2.41. The zero-order valence-electron chi connectivity index (χ0n) is 10.1. The van der Waals surface area contributed by atoms with Crippen LogP contribution >= 0.6 is 11.3 Å². The van der Waals surface area contributed by atoms with Crippen molar-refractivity contribution < 1.29 is 19.1 Å². The SMILES string of the molecule is Cc1ocnc1C(=O)NC(CC(=O)O)c1cccs1. The van der Waals surface area contributed by atoms with Gasteiger partial charge < -0.3 is 14.8 Å². The van der Waals surface area contributed by atoms with E-state index in [9.17, 15) is 9.59 Å². The minimum Gasteiger partial charge on any atom is -0.481 e. The first-order chi connectivity index (χ1) is 9.08. The molecule has 0 fully saturated rings. The van der Waals surface area contributed by atoms with E-state index in [1.807, 2.05) is 11.4 Å². The molecule has 100 valence electrons. The Morgan fingerprint density at radius 2 is 2.37 bits per heavy atom. The van der Waals surface area contributed by atoms with Crippen LogP contribution in [0.2, 0.25) is 0 Å². The smallest absolute Gasteiger partial charge is 0.305 e. The Kier molecular flexibility index (Phi) is 3.96. The van der Waals surface area contributed by atoms with Gasteiger partial charge in [0.05, 0.1) is 12.5 Å². The van der Waals surface area contributed by atoms with Crippen molar-refractivity contribution in [1.29, 1.82) is 0 Å². The summed E-state index contributed by atoms with van der Waals surface area (Å²) in [6.07, 6.45) is 1.00. The molecule has 0 bridgehead atoms. The summed E-state index contributed by atoms with van der Waals surface area (Å²) in [4.78, 5) is 27.4. The molecular formula is C12H12N2O4S. The number of thiophene rings is 1. The molecule has 2 aromatic rings. The minimum atomic E-state index is -0.976. The number of nitrogens with one attached hydrogen (secondary N) is 1. The average Bonchev–Trinajstić information content (AvgIpc) is 2.97. The molecule has 1 amide bonds. The lowest BCUT2D eigenvalue weighted by atomic mass is 10.1. The van der Waals surface area contributed by atoms with Crippen LogP contribution in [0.5, 0.6) is 0 Å². The second kappa shape index (κ2) is 5.66. The number of carbonyl (C=O) groups is 2. The lowest BCUT2D eigenvalue weighted by molar-refractivity contribution is -0.137. The van der Waals surface area contributed by atoms with Gasteiger partial charge in [-0.1, -0.05) is 6.07 Å². The molecule has 2 N–H and O–H groups in total. The van der Waals surface area contributed by atoms with E-state index in [0.717, 1.165) is 4.88 Å². The van der Waals surface area contributed by atoms with Crippen LogP contribution in [-0.2, 0) is 4.79 Å². The third kappa shape index (κ3) is 3.19. The molecule has 0 spiro atoms.